The van der Waals surface area contributed by atoms with Gasteiger partial charge in [-0.05, 0) is 25.5 Å². The van der Waals surface area contributed by atoms with Crippen LogP contribution in [0.15, 0.2) is 24.3 Å². The molecule has 0 saturated carbocycles. The molecule has 0 aliphatic carbocycles. The summed E-state index contributed by atoms with van der Waals surface area (Å²) in [7, 11) is 0. The number of carbonyl (C=O) groups is 2. The molecule has 1 aromatic heterocycles. The van der Waals surface area contributed by atoms with Crippen molar-refractivity contribution in [2.45, 2.75) is 20.3 Å². The first-order chi connectivity index (χ1) is 13.4. The van der Waals surface area contributed by atoms with Crippen molar-refractivity contribution in [2.24, 2.45) is 0 Å². The Balaban J connectivity index is 2.02. The van der Waals surface area contributed by atoms with E-state index in [1.807, 2.05) is 6.07 Å². The van der Waals surface area contributed by atoms with Crippen LogP contribution < -0.4 is 10.6 Å². The second kappa shape index (κ2) is 9.48. The minimum absolute atomic E-state index is 0.0165. The van der Waals surface area contributed by atoms with E-state index < -0.39 is 10.9 Å². The second-order valence-electron chi connectivity index (χ2n) is 5.59. The van der Waals surface area contributed by atoms with Gasteiger partial charge in [-0.3, -0.25) is 14.9 Å². The van der Waals surface area contributed by atoms with Gasteiger partial charge < -0.3 is 15.4 Å². The molecule has 0 aliphatic rings. The van der Waals surface area contributed by atoms with Gasteiger partial charge in [0.05, 0.1) is 17.1 Å². The zero-order valence-corrected chi connectivity index (χ0v) is 16.1. The van der Waals surface area contributed by atoms with E-state index in [4.69, 9.17) is 4.74 Å². The highest BCUT2D eigenvalue weighted by Crippen LogP contribution is 2.33. The number of carbonyl (C=O) groups excluding carboxylic acids is 2. The van der Waals surface area contributed by atoms with E-state index in [9.17, 15) is 25.0 Å². The van der Waals surface area contributed by atoms with E-state index in [0.717, 1.165) is 11.3 Å². The van der Waals surface area contributed by atoms with Crippen LogP contribution in [0.4, 0.5) is 16.4 Å². The highest BCUT2D eigenvalue weighted by molar-refractivity contribution is 7.18. The molecule has 0 fully saturated rings. The fourth-order valence-electron chi connectivity index (χ4n) is 2.41. The van der Waals surface area contributed by atoms with Crippen molar-refractivity contribution in [1.29, 1.82) is 5.26 Å². The molecule has 0 saturated heterocycles. The van der Waals surface area contributed by atoms with Crippen LogP contribution in [0.2, 0.25) is 0 Å². The number of nitriles is 1. The van der Waals surface area contributed by atoms with Crippen molar-refractivity contribution in [3.63, 3.8) is 0 Å². The van der Waals surface area contributed by atoms with Crippen molar-refractivity contribution in [3.05, 3.63) is 50.4 Å². The number of thiophene rings is 1. The fraction of sp³-hybridized carbons (Fsp3) is 0.278. The lowest BCUT2D eigenvalue weighted by atomic mass is 10.2. The fourth-order valence-corrected chi connectivity index (χ4v) is 3.48. The van der Waals surface area contributed by atoms with Crippen LogP contribution in [-0.4, -0.2) is 30.0 Å². The Morgan fingerprint density at radius 1 is 1.36 bits per heavy atom. The summed E-state index contributed by atoms with van der Waals surface area (Å²) in [5, 5.41) is 26.1. The maximum atomic E-state index is 12.2. The van der Waals surface area contributed by atoms with E-state index in [1.165, 1.54) is 6.07 Å². The first-order valence-electron chi connectivity index (χ1n) is 8.36. The van der Waals surface area contributed by atoms with Crippen molar-refractivity contribution in [2.75, 3.05) is 23.8 Å². The van der Waals surface area contributed by atoms with Gasteiger partial charge in [0.25, 0.3) is 5.69 Å². The number of nitrogens with zero attached hydrogens (tertiary/aromatic N) is 2. The standard InChI is InChI=1S/C18H18N4O5S/c1-3-27-18(24)16-11(2)12(10-19)17(28-16)21-15(23)8-9-20-13-6-4-5-7-14(13)22(25)26/h4-7,20H,3,8-9H2,1-2H3,(H,21,23). The third-order valence-corrected chi connectivity index (χ3v) is 4.93. The normalized spacial score (nSPS) is 10.0. The molecule has 1 amide bonds. The molecule has 0 unspecified atom stereocenters. The number of anilines is 2. The number of esters is 1. The first kappa shape index (κ1) is 20.9. The van der Waals surface area contributed by atoms with Gasteiger partial charge in [0.1, 0.15) is 21.6 Å². The summed E-state index contributed by atoms with van der Waals surface area (Å²) < 4.78 is 4.96. The van der Waals surface area contributed by atoms with E-state index >= 15 is 0 Å². The van der Waals surface area contributed by atoms with Gasteiger partial charge in [-0.25, -0.2) is 4.79 Å². The molecular weight excluding hydrogens is 384 g/mol. The first-order valence-corrected chi connectivity index (χ1v) is 9.18. The molecule has 0 atom stereocenters. The van der Waals surface area contributed by atoms with E-state index in [1.54, 1.807) is 32.0 Å². The van der Waals surface area contributed by atoms with Gasteiger partial charge in [0, 0.05) is 19.0 Å². The number of para-hydroxylation sites is 2. The summed E-state index contributed by atoms with van der Waals surface area (Å²) in [5.41, 5.74) is 0.907. The Hall–Kier alpha value is -3.45. The van der Waals surface area contributed by atoms with E-state index in [-0.39, 0.29) is 46.6 Å². The lowest BCUT2D eigenvalue weighted by Gasteiger charge is -2.07. The van der Waals surface area contributed by atoms with Crippen molar-refractivity contribution < 1.29 is 19.2 Å². The molecule has 2 rings (SSSR count). The van der Waals surface area contributed by atoms with Crippen LogP contribution in [0.3, 0.4) is 0 Å². The number of nitrogens with one attached hydrogen (secondary N) is 2. The van der Waals surface area contributed by atoms with Crippen LogP contribution in [0, 0.1) is 28.4 Å². The summed E-state index contributed by atoms with van der Waals surface area (Å²) in [6.07, 6.45) is 0.0165. The molecule has 1 aromatic carbocycles. The number of nitro benzene ring substituents is 1. The molecule has 28 heavy (non-hydrogen) atoms. The maximum absolute atomic E-state index is 12.2. The number of benzene rings is 1. The molecule has 2 N–H and O–H groups in total. The summed E-state index contributed by atoms with van der Waals surface area (Å²) >= 11 is 0.985. The molecule has 10 heteroatoms. The van der Waals surface area contributed by atoms with Crippen molar-refractivity contribution in [1.82, 2.24) is 0 Å². The topological polar surface area (TPSA) is 134 Å². The quantitative estimate of drug-likeness (QED) is 0.392. The Labute approximate surface area is 165 Å². The second-order valence-corrected chi connectivity index (χ2v) is 6.61. The van der Waals surface area contributed by atoms with Gasteiger partial charge in [-0.1, -0.05) is 12.1 Å². The molecule has 146 valence electrons. The maximum Gasteiger partial charge on any atom is 0.348 e. The highest BCUT2D eigenvalue weighted by Gasteiger charge is 2.22. The largest absolute Gasteiger partial charge is 0.462 e. The van der Waals surface area contributed by atoms with Crippen LogP contribution in [0.1, 0.15) is 34.1 Å². The average molecular weight is 402 g/mol. The number of hydrogen-bond donors (Lipinski definition) is 2. The molecular formula is C18H18N4O5S. The minimum atomic E-state index is -0.542. The average Bonchev–Trinajstić information content (AvgIpc) is 2.97. The molecule has 1 heterocycles. The zero-order chi connectivity index (χ0) is 20.7. The SMILES string of the molecule is CCOC(=O)c1sc(NC(=O)CCNc2ccccc2[N+](=O)[O-])c(C#N)c1C. The molecule has 2 aromatic rings. The number of hydrogen-bond acceptors (Lipinski definition) is 8. The molecule has 0 radical (unpaired) electrons. The lowest BCUT2D eigenvalue weighted by Crippen LogP contribution is -2.16. The third kappa shape index (κ3) is 4.83. The van der Waals surface area contributed by atoms with Crippen molar-refractivity contribution >= 4 is 39.6 Å². The molecule has 0 spiro atoms. The highest BCUT2D eigenvalue weighted by atomic mass is 32.1. The van der Waals surface area contributed by atoms with Gasteiger partial charge >= 0.3 is 5.97 Å². The molecule has 0 aliphatic heterocycles. The van der Waals surface area contributed by atoms with E-state index in [0.29, 0.717) is 11.3 Å². The monoisotopic (exact) mass is 402 g/mol. The molecule has 0 bridgehead atoms. The van der Waals surface area contributed by atoms with Crippen molar-refractivity contribution in [3.8, 4) is 6.07 Å². The van der Waals surface area contributed by atoms with Gasteiger partial charge in [0.15, 0.2) is 0 Å². The zero-order valence-electron chi connectivity index (χ0n) is 15.3. The number of amides is 1. The number of nitro groups is 1. The third-order valence-electron chi connectivity index (χ3n) is 3.74. The Morgan fingerprint density at radius 2 is 2.07 bits per heavy atom. The predicted molar refractivity (Wildman–Crippen MR) is 105 cm³/mol. The van der Waals surface area contributed by atoms with Gasteiger partial charge in [-0.2, -0.15) is 5.26 Å². The Morgan fingerprint density at radius 3 is 2.71 bits per heavy atom. The van der Waals surface area contributed by atoms with Crippen LogP contribution in [-0.2, 0) is 9.53 Å². The van der Waals surface area contributed by atoms with Gasteiger partial charge in [0.2, 0.25) is 5.91 Å². The summed E-state index contributed by atoms with van der Waals surface area (Å²) in [4.78, 5) is 34.9. The van der Waals surface area contributed by atoms with Gasteiger partial charge in [-0.15, -0.1) is 11.3 Å². The number of rotatable bonds is 8. The lowest BCUT2D eigenvalue weighted by molar-refractivity contribution is -0.384. The Bertz CT molecular complexity index is 948. The summed E-state index contributed by atoms with van der Waals surface area (Å²) in [5.74, 6) is -0.931. The van der Waals surface area contributed by atoms with Crippen LogP contribution >= 0.6 is 11.3 Å². The van der Waals surface area contributed by atoms with Crippen LogP contribution in [0.5, 0.6) is 0 Å². The Kier molecular flexibility index (Phi) is 7.06. The summed E-state index contributed by atoms with van der Waals surface area (Å²) in [6.45, 7) is 3.66. The smallest absolute Gasteiger partial charge is 0.348 e. The molecule has 9 nitrogen and oxygen atoms in total. The van der Waals surface area contributed by atoms with E-state index in [2.05, 4.69) is 10.6 Å². The number of ether oxygens (including phenoxy) is 1. The minimum Gasteiger partial charge on any atom is -0.462 e. The van der Waals surface area contributed by atoms with Crippen LogP contribution in [0.25, 0.3) is 0 Å². The summed E-state index contributed by atoms with van der Waals surface area (Å²) in [6, 6.07) is 8.12. The predicted octanol–water partition coefficient (Wildman–Crippen LogP) is 3.45.